The summed E-state index contributed by atoms with van der Waals surface area (Å²) in [6, 6.07) is 11.5. The number of aromatic nitrogens is 3. The number of hydrogen-bond donors (Lipinski definition) is 2. The van der Waals surface area contributed by atoms with Gasteiger partial charge in [-0.15, -0.1) is 0 Å². The van der Waals surface area contributed by atoms with Crippen molar-refractivity contribution in [2.24, 2.45) is 5.92 Å². The lowest BCUT2D eigenvalue weighted by atomic mass is 9.90. The number of aliphatic carboxylic acids is 1. The van der Waals surface area contributed by atoms with Gasteiger partial charge in [-0.25, -0.2) is 14.2 Å². The number of carbonyl (C=O) groups is 2. The third-order valence-corrected chi connectivity index (χ3v) is 6.65. The van der Waals surface area contributed by atoms with Crippen LogP contribution in [-0.2, 0) is 29.0 Å². The molecule has 1 heterocycles. The predicted octanol–water partition coefficient (Wildman–Crippen LogP) is 3.19. The van der Waals surface area contributed by atoms with Gasteiger partial charge in [0.15, 0.2) is 0 Å². The predicted molar refractivity (Wildman–Crippen MR) is 132 cm³/mol. The van der Waals surface area contributed by atoms with Crippen molar-refractivity contribution < 1.29 is 14.7 Å². The summed E-state index contributed by atoms with van der Waals surface area (Å²) >= 11 is 5.99. The Kier molecular flexibility index (Phi) is 6.88. The highest BCUT2D eigenvalue weighted by molar-refractivity contribution is 6.30. The molecule has 35 heavy (non-hydrogen) atoms. The molecule has 1 aliphatic rings. The van der Waals surface area contributed by atoms with E-state index in [4.69, 9.17) is 11.6 Å². The van der Waals surface area contributed by atoms with Crippen molar-refractivity contribution in [3.63, 3.8) is 0 Å². The lowest BCUT2D eigenvalue weighted by Crippen LogP contribution is -2.46. The van der Waals surface area contributed by atoms with Crippen LogP contribution in [0.4, 0.5) is 11.6 Å². The van der Waals surface area contributed by atoms with Gasteiger partial charge in [-0.05, 0) is 61.2 Å². The second-order valence-corrected chi connectivity index (χ2v) is 9.21. The Labute approximate surface area is 206 Å². The average molecular weight is 497 g/mol. The van der Waals surface area contributed by atoms with Crippen molar-refractivity contribution in [1.29, 1.82) is 0 Å². The Balaban J connectivity index is 1.79. The van der Waals surface area contributed by atoms with Gasteiger partial charge < -0.3 is 10.4 Å². The zero-order valence-electron chi connectivity index (χ0n) is 19.3. The SMILES string of the molecule is C[C@@H](C(=O)O)[C@H](C)n1c(=O)nc(Nc2ccc3c(c2)CCC(=O)C3)n(Cc2ccc(Cl)cc2)c1=O. The first-order valence-corrected chi connectivity index (χ1v) is 11.6. The number of benzene rings is 2. The fourth-order valence-electron chi connectivity index (χ4n) is 4.11. The molecule has 0 amide bonds. The van der Waals surface area contributed by atoms with Gasteiger partial charge in [-0.2, -0.15) is 4.98 Å². The zero-order chi connectivity index (χ0) is 25.3. The summed E-state index contributed by atoms with van der Waals surface area (Å²) in [5.74, 6) is -1.87. The van der Waals surface area contributed by atoms with Gasteiger partial charge in [0.25, 0.3) is 0 Å². The van der Waals surface area contributed by atoms with Crippen molar-refractivity contribution in [1.82, 2.24) is 14.1 Å². The van der Waals surface area contributed by atoms with Crippen LogP contribution in [0.1, 0.15) is 43.0 Å². The van der Waals surface area contributed by atoms with E-state index in [1.54, 1.807) is 30.3 Å². The van der Waals surface area contributed by atoms with Gasteiger partial charge in [0.05, 0.1) is 18.5 Å². The molecule has 0 bridgehead atoms. The van der Waals surface area contributed by atoms with Gasteiger partial charge in [0.1, 0.15) is 5.78 Å². The summed E-state index contributed by atoms with van der Waals surface area (Å²) in [6.45, 7) is 3.03. The molecule has 0 unspecified atom stereocenters. The Morgan fingerprint density at radius 1 is 1.09 bits per heavy atom. The molecule has 2 N–H and O–H groups in total. The van der Waals surface area contributed by atoms with Crippen molar-refractivity contribution in [3.8, 4) is 0 Å². The monoisotopic (exact) mass is 496 g/mol. The van der Waals surface area contributed by atoms with Crippen LogP contribution < -0.4 is 16.7 Å². The molecule has 2 aromatic carbocycles. The van der Waals surface area contributed by atoms with E-state index in [0.717, 1.165) is 21.3 Å². The van der Waals surface area contributed by atoms with E-state index in [2.05, 4.69) is 10.3 Å². The van der Waals surface area contributed by atoms with Crippen LogP contribution in [0.3, 0.4) is 0 Å². The van der Waals surface area contributed by atoms with Gasteiger partial charge in [0.2, 0.25) is 5.95 Å². The first-order valence-electron chi connectivity index (χ1n) is 11.2. The molecule has 1 aliphatic carbocycles. The molecular formula is C25H25ClN4O5. The van der Waals surface area contributed by atoms with Crippen molar-refractivity contribution >= 4 is 35.0 Å². The van der Waals surface area contributed by atoms with E-state index in [0.29, 0.717) is 30.0 Å². The number of carbonyl (C=O) groups excluding carboxylic acids is 1. The van der Waals surface area contributed by atoms with Crippen LogP contribution in [0.2, 0.25) is 5.02 Å². The number of ketones is 1. The molecule has 0 aliphatic heterocycles. The smallest absolute Gasteiger partial charge is 0.355 e. The second kappa shape index (κ2) is 9.87. The van der Waals surface area contributed by atoms with E-state index in [1.165, 1.54) is 18.4 Å². The van der Waals surface area contributed by atoms with Crippen LogP contribution in [0, 0.1) is 5.92 Å². The number of rotatable bonds is 7. The molecule has 3 aromatic rings. The molecule has 1 aromatic heterocycles. The highest BCUT2D eigenvalue weighted by atomic mass is 35.5. The second-order valence-electron chi connectivity index (χ2n) is 8.77. The Morgan fingerprint density at radius 3 is 2.49 bits per heavy atom. The number of anilines is 2. The fourth-order valence-corrected chi connectivity index (χ4v) is 4.23. The number of aryl methyl sites for hydroxylation is 1. The van der Waals surface area contributed by atoms with E-state index in [-0.39, 0.29) is 18.3 Å². The number of nitrogens with one attached hydrogen (secondary N) is 1. The van der Waals surface area contributed by atoms with Gasteiger partial charge >= 0.3 is 17.3 Å². The average Bonchev–Trinajstić information content (AvgIpc) is 2.82. The molecule has 2 atom stereocenters. The summed E-state index contributed by atoms with van der Waals surface area (Å²) in [5, 5.41) is 13.0. The molecule has 10 heteroatoms. The maximum Gasteiger partial charge on any atom is 0.355 e. The molecule has 9 nitrogen and oxygen atoms in total. The quantitative estimate of drug-likeness (QED) is 0.514. The third kappa shape index (κ3) is 5.19. The molecule has 4 rings (SSSR count). The summed E-state index contributed by atoms with van der Waals surface area (Å²) in [6.07, 6.45) is 1.50. The van der Waals surface area contributed by atoms with E-state index >= 15 is 0 Å². The minimum atomic E-state index is -1.12. The van der Waals surface area contributed by atoms with Crippen LogP contribution in [0.15, 0.2) is 52.1 Å². The Bertz CT molecular complexity index is 1410. The van der Waals surface area contributed by atoms with E-state index in [1.807, 2.05) is 12.1 Å². The number of fused-ring (bicyclic) bond motifs is 1. The minimum absolute atomic E-state index is 0.0354. The summed E-state index contributed by atoms with van der Waals surface area (Å²) in [5.41, 5.74) is 1.85. The Hall–Kier alpha value is -3.72. The molecule has 0 spiro atoms. The van der Waals surface area contributed by atoms with Gasteiger partial charge in [-0.3, -0.25) is 14.2 Å². The van der Waals surface area contributed by atoms with Crippen molar-refractivity contribution in [2.75, 3.05) is 5.32 Å². The maximum atomic E-state index is 13.5. The molecule has 0 saturated carbocycles. The highest BCUT2D eigenvalue weighted by Crippen LogP contribution is 2.24. The number of carboxylic acids is 1. The zero-order valence-corrected chi connectivity index (χ0v) is 20.1. The van der Waals surface area contributed by atoms with Crippen LogP contribution >= 0.6 is 11.6 Å². The molecule has 0 saturated heterocycles. The van der Waals surface area contributed by atoms with Crippen LogP contribution in [0.5, 0.6) is 0 Å². The third-order valence-electron chi connectivity index (χ3n) is 6.40. The van der Waals surface area contributed by atoms with Crippen molar-refractivity contribution in [3.05, 3.63) is 85.1 Å². The van der Waals surface area contributed by atoms with Gasteiger partial charge in [0, 0.05) is 23.6 Å². The number of carboxylic acid groups (broad SMARTS) is 1. The topological polar surface area (TPSA) is 123 Å². The maximum absolute atomic E-state index is 13.5. The van der Waals surface area contributed by atoms with Crippen LogP contribution in [0.25, 0.3) is 0 Å². The van der Waals surface area contributed by atoms with Gasteiger partial charge in [-0.1, -0.05) is 29.8 Å². The molecular weight excluding hydrogens is 472 g/mol. The van der Waals surface area contributed by atoms with Crippen molar-refractivity contribution in [2.45, 2.75) is 45.7 Å². The largest absolute Gasteiger partial charge is 0.481 e. The minimum Gasteiger partial charge on any atom is -0.481 e. The first kappa shape index (κ1) is 24.4. The fraction of sp³-hybridized carbons (Fsp3) is 0.320. The standard InChI is InChI=1S/C25H25ClN4O5/c1-14(22(32)33)15(2)30-24(34)28-23(29(25(30)35)13-16-3-7-19(26)8-4-16)27-20-9-5-18-12-21(31)10-6-17(18)11-20/h3-5,7-9,11,14-15H,6,10,12-13H2,1-2H3,(H,32,33)(H,27,28,34)/t14-,15+/m1/s1. The molecule has 0 fully saturated rings. The molecule has 0 radical (unpaired) electrons. The summed E-state index contributed by atoms with van der Waals surface area (Å²) in [4.78, 5) is 53.8. The number of hydrogen-bond acceptors (Lipinski definition) is 6. The highest BCUT2D eigenvalue weighted by Gasteiger charge is 2.26. The summed E-state index contributed by atoms with van der Waals surface area (Å²) in [7, 11) is 0. The number of Topliss-reactive ketones (excluding diaryl/α,β-unsaturated/α-hetero) is 1. The van der Waals surface area contributed by atoms with Crippen LogP contribution in [-0.4, -0.2) is 31.0 Å². The molecule has 182 valence electrons. The normalized spacial score (nSPS) is 14.8. The number of nitrogens with zero attached hydrogens (tertiary/aromatic N) is 3. The van der Waals surface area contributed by atoms with E-state index < -0.39 is 29.3 Å². The Morgan fingerprint density at radius 2 is 1.80 bits per heavy atom. The number of halogens is 1. The summed E-state index contributed by atoms with van der Waals surface area (Å²) < 4.78 is 2.18. The lowest BCUT2D eigenvalue weighted by molar-refractivity contribution is -0.142. The lowest BCUT2D eigenvalue weighted by Gasteiger charge is -2.21. The first-order chi connectivity index (χ1) is 16.6. The van der Waals surface area contributed by atoms with E-state index in [9.17, 15) is 24.3 Å².